The molecule has 0 spiro atoms. The van der Waals surface area contributed by atoms with Crippen LogP contribution in [0.2, 0.25) is 0 Å². The summed E-state index contributed by atoms with van der Waals surface area (Å²) in [6, 6.07) is 8.20. The molecule has 2 aromatic carbocycles. The number of benzene rings is 1. The number of hydrogen-bond acceptors (Lipinski definition) is 7. The van der Waals surface area contributed by atoms with E-state index >= 15 is 0 Å². The fourth-order valence-electron chi connectivity index (χ4n) is 4.71. The molecule has 0 saturated heterocycles. The van der Waals surface area contributed by atoms with Crippen LogP contribution < -0.4 is 25.8 Å². The van der Waals surface area contributed by atoms with E-state index in [9.17, 15) is 18.8 Å². The number of rotatable bonds is 7. The topological polar surface area (TPSA) is 108 Å². The monoisotopic (exact) mass is 503 g/mol. The predicted octanol–water partition coefficient (Wildman–Crippen LogP) is 2.77. The molecule has 0 aliphatic carbocycles. The lowest BCUT2D eigenvalue weighted by atomic mass is 10.0. The van der Waals surface area contributed by atoms with Crippen molar-refractivity contribution in [1.29, 1.82) is 0 Å². The molecule has 0 saturated carbocycles. The van der Waals surface area contributed by atoms with Gasteiger partial charge in [-0.15, -0.1) is 0 Å². The van der Waals surface area contributed by atoms with Crippen molar-refractivity contribution in [1.82, 2.24) is 14.9 Å². The highest BCUT2D eigenvalue weighted by Gasteiger charge is 2.28. The summed E-state index contributed by atoms with van der Waals surface area (Å²) >= 11 is 0. The van der Waals surface area contributed by atoms with Gasteiger partial charge in [0.25, 0.3) is 10.9 Å². The van der Waals surface area contributed by atoms with E-state index in [1.54, 1.807) is 38.4 Å². The summed E-state index contributed by atoms with van der Waals surface area (Å²) < 4.78 is 19.5. The Bertz CT molecular complexity index is 1610. The first-order chi connectivity index (χ1) is 17.8. The molecule has 10 heteroatoms. The van der Waals surface area contributed by atoms with Crippen molar-refractivity contribution in [2.75, 3.05) is 51.1 Å². The van der Waals surface area contributed by atoms with Crippen molar-refractivity contribution in [2.24, 2.45) is 0 Å². The summed E-state index contributed by atoms with van der Waals surface area (Å²) in [6.45, 7) is 1.02. The fourth-order valence-corrected chi connectivity index (χ4v) is 4.71. The minimum absolute atomic E-state index is 0.0668. The van der Waals surface area contributed by atoms with E-state index in [1.165, 1.54) is 12.1 Å². The van der Waals surface area contributed by atoms with Crippen LogP contribution in [0.25, 0.3) is 27.7 Å². The summed E-state index contributed by atoms with van der Waals surface area (Å²) in [4.78, 5) is 47.8. The van der Waals surface area contributed by atoms with Gasteiger partial charge < -0.3 is 24.8 Å². The van der Waals surface area contributed by atoms with Gasteiger partial charge in [0.05, 0.1) is 13.7 Å². The molecular weight excluding hydrogens is 477 g/mol. The first kappa shape index (κ1) is 24.4. The normalized spacial score (nSPS) is 13.9. The lowest BCUT2D eigenvalue weighted by Gasteiger charge is -2.30. The van der Waals surface area contributed by atoms with Crippen LogP contribution in [0.3, 0.4) is 0 Å². The van der Waals surface area contributed by atoms with Gasteiger partial charge in [-0.05, 0) is 62.0 Å². The summed E-state index contributed by atoms with van der Waals surface area (Å²) in [7, 11) is 5.04. The van der Waals surface area contributed by atoms with Gasteiger partial charge in [-0.25, -0.2) is 9.37 Å². The summed E-state index contributed by atoms with van der Waals surface area (Å²) in [5.74, 6) is -0.143. The van der Waals surface area contributed by atoms with Gasteiger partial charge in [-0.1, -0.05) is 6.08 Å². The number of methoxy groups -OCH3 is 1. The van der Waals surface area contributed by atoms with Crippen molar-refractivity contribution >= 4 is 33.9 Å². The number of hydrogen-bond donors (Lipinski definition) is 2. The van der Waals surface area contributed by atoms with E-state index in [-0.39, 0.29) is 29.6 Å². The number of anilines is 2. The highest BCUT2D eigenvalue weighted by Crippen LogP contribution is 2.37. The molecule has 1 aliphatic heterocycles. The smallest absolute Gasteiger partial charge is 0.253 e. The Morgan fingerprint density at radius 1 is 1.19 bits per heavy atom. The molecule has 0 unspecified atom stereocenters. The van der Waals surface area contributed by atoms with Gasteiger partial charge in [0, 0.05) is 35.9 Å². The standard InChI is InChI=1S/C27H26FN5O4/c1-32(2)14-22(34)31-23-24(26(36)25(23)35)33-10-7-15(8-11-33)20-13-19-17(6-9-29-27(19)30-20)18-12-16(28)4-5-21(18)37-3/h4-7,9,12-13H,8,10-11,14H2,1-3H3,(H,29,30)(H,31,34). The number of carbonyl (C=O) groups excluding carboxylic acids is 1. The van der Waals surface area contributed by atoms with Crippen LogP contribution in [-0.4, -0.2) is 61.6 Å². The largest absolute Gasteiger partial charge is 0.496 e. The molecule has 0 radical (unpaired) electrons. The number of nitrogens with zero attached hydrogens (tertiary/aromatic N) is 3. The molecular formula is C27H26FN5O4. The van der Waals surface area contributed by atoms with Gasteiger partial charge in [-0.3, -0.25) is 14.4 Å². The Labute approximate surface area is 211 Å². The maximum atomic E-state index is 14.0. The Hall–Kier alpha value is -4.31. The van der Waals surface area contributed by atoms with Crippen LogP contribution in [0, 0.1) is 5.82 Å². The second kappa shape index (κ2) is 9.62. The van der Waals surface area contributed by atoms with Gasteiger partial charge >= 0.3 is 0 Å². The first-order valence-corrected chi connectivity index (χ1v) is 11.8. The van der Waals surface area contributed by atoms with E-state index in [2.05, 4.69) is 15.3 Å². The van der Waals surface area contributed by atoms with Gasteiger partial charge in [0.15, 0.2) is 0 Å². The van der Waals surface area contributed by atoms with Crippen molar-refractivity contribution in [2.45, 2.75) is 6.42 Å². The van der Waals surface area contributed by atoms with E-state index in [0.717, 1.165) is 22.2 Å². The molecule has 1 aliphatic rings. The lowest BCUT2D eigenvalue weighted by Crippen LogP contribution is -2.45. The molecule has 1 amide bonds. The van der Waals surface area contributed by atoms with E-state index in [0.29, 0.717) is 36.5 Å². The van der Waals surface area contributed by atoms with E-state index in [4.69, 9.17) is 4.74 Å². The number of pyridine rings is 1. The van der Waals surface area contributed by atoms with Crippen LogP contribution in [-0.2, 0) is 4.79 Å². The molecule has 9 nitrogen and oxygen atoms in total. The third-order valence-electron chi connectivity index (χ3n) is 6.46. The van der Waals surface area contributed by atoms with Crippen molar-refractivity contribution in [3.05, 3.63) is 74.6 Å². The van der Waals surface area contributed by atoms with Crippen LogP contribution in [0.4, 0.5) is 15.8 Å². The molecule has 3 heterocycles. The number of H-pyrrole nitrogens is 1. The number of likely N-dealkylation sites (N-methyl/N-ethyl adjacent to an activating group) is 1. The molecule has 0 atom stereocenters. The predicted molar refractivity (Wildman–Crippen MR) is 141 cm³/mol. The highest BCUT2D eigenvalue weighted by molar-refractivity contribution is 5.98. The first-order valence-electron chi connectivity index (χ1n) is 11.8. The van der Waals surface area contributed by atoms with Crippen molar-refractivity contribution in [3.8, 4) is 16.9 Å². The van der Waals surface area contributed by atoms with Crippen LogP contribution in [0.1, 0.15) is 12.1 Å². The highest BCUT2D eigenvalue weighted by atomic mass is 19.1. The zero-order valence-corrected chi connectivity index (χ0v) is 20.7. The lowest BCUT2D eigenvalue weighted by molar-refractivity contribution is -0.116. The number of halogens is 1. The molecule has 5 rings (SSSR count). The number of ether oxygens (including phenoxy) is 1. The Morgan fingerprint density at radius 3 is 2.70 bits per heavy atom. The van der Waals surface area contributed by atoms with Crippen LogP contribution in [0.15, 0.2) is 52.2 Å². The molecule has 37 heavy (non-hydrogen) atoms. The molecule has 2 N–H and O–H groups in total. The molecule has 0 fully saturated rings. The number of fused-ring (bicyclic) bond motifs is 1. The quantitative estimate of drug-likeness (QED) is 0.374. The third kappa shape index (κ3) is 4.51. The van der Waals surface area contributed by atoms with Crippen molar-refractivity contribution in [3.63, 3.8) is 0 Å². The zero-order valence-electron chi connectivity index (χ0n) is 20.7. The SMILES string of the molecule is COc1ccc(F)cc1-c1ccnc2[nH]c(C3=CCN(c4c(NC(=O)CN(C)C)c(=O)c4=O)CC3)cc12. The van der Waals surface area contributed by atoms with Gasteiger partial charge in [0.1, 0.15) is 28.6 Å². The average molecular weight is 504 g/mol. The Kier molecular flexibility index (Phi) is 6.34. The van der Waals surface area contributed by atoms with Gasteiger partial charge in [0.2, 0.25) is 5.91 Å². The minimum atomic E-state index is -0.668. The minimum Gasteiger partial charge on any atom is -0.496 e. The average Bonchev–Trinajstić information content (AvgIpc) is 3.32. The number of carbonyl (C=O) groups is 1. The van der Waals surface area contributed by atoms with E-state index in [1.807, 2.05) is 23.1 Å². The Morgan fingerprint density at radius 2 is 2.00 bits per heavy atom. The number of amides is 1. The summed E-state index contributed by atoms with van der Waals surface area (Å²) in [6.07, 6.45) is 4.26. The zero-order chi connectivity index (χ0) is 26.3. The second-order valence-corrected chi connectivity index (χ2v) is 9.24. The third-order valence-corrected chi connectivity index (χ3v) is 6.46. The van der Waals surface area contributed by atoms with Gasteiger partial charge in [-0.2, -0.15) is 0 Å². The number of aromatic amines is 1. The van der Waals surface area contributed by atoms with Crippen LogP contribution >= 0.6 is 0 Å². The number of aromatic nitrogens is 2. The second-order valence-electron chi connectivity index (χ2n) is 9.24. The molecule has 2 aromatic heterocycles. The molecule has 190 valence electrons. The summed E-state index contributed by atoms with van der Waals surface area (Å²) in [5, 5.41) is 3.42. The van der Waals surface area contributed by atoms with E-state index < -0.39 is 10.9 Å². The Balaban J connectivity index is 1.41. The molecule has 4 aromatic rings. The number of nitrogens with one attached hydrogen (secondary N) is 2. The fraction of sp³-hybridized carbons (Fsp3) is 0.259. The summed E-state index contributed by atoms with van der Waals surface area (Å²) in [5.41, 5.74) is 3.06. The maximum absolute atomic E-state index is 14.0. The van der Waals surface area contributed by atoms with Crippen molar-refractivity contribution < 1.29 is 13.9 Å². The maximum Gasteiger partial charge on any atom is 0.253 e. The van der Waals surface area contributed by atoms with Crippen LogP contribution in [0.5, 0.6) is 5.75 Å². The molecule has 0 bridgehead atoms.